The molecule has 0 saturated carbocycles. The van der Waals surface area contributed by atoms with Crippen LogP contribution in [-0.2, 0) is 11.0 Å². The fourth-order valence-electron chi connectivity index (χ4n) is 2.67. The molecule has 136 valence electrons. The van der Waals surface area contributed by atoms with Gasteiger partial charge in [0, 0.05) is 16.5 Å². The SMILES string of the molecule is O=C1Nc2ccccc2S/C1=C\c1ccc(-c2cccc(C(F)(F)F)c2)o1. The molecule has 1 N–H and O–H groups in total. The molecule has 4 rings (SSSR count). The molecule has 0 radical (unpaired) electrons. The molecule has 0 spiro atoms. The normalized spacial score (nSPS) is 15.5. The van der Waals surface area contributed by atoms with Gasteiger partial charge in [0.1, 0.15) is 11.5 Å². The first-order valence-electron chi connectivity index (χ1n) is 7.97. The first-order valence-corrected chi connectivity index (χ1v) is 8.79. The van der Waals surface area contributed by atoms with Gasteiger partial charge in [-0.05, 0) is 36.4 Å². The van der Waals surface area contributed by atoms with Gasteiger partial charge in [0.25, 0.3) is 5.91 Å². The highest BCUT2D eigenvalue weighted by molar-refractivity contribution is 8.04. The number of hydrogen-bond acceptors (Lipinski definition) is 3. The van der Waals surface area contributed by atoms with Crippen molar-refractivity contribution < 1.29 is 22.4 Å². The number of alkyl halides is 3. The van der Waals surface area contributed by atoms with E-state index in [9.17, 15) is 18.0 Å². The number of para-hydroxylation sites is 1. The van der Waals surface area contributed by atoms with Crippen molar-refractivity contribution in [1.82, 2.24) is 0 Å². The Morgan fingerprint density at radius 3 is 2.63 bits per heavy atom. The first kappa shape index (κ1) is 17.5. The topological polar surface area (TPSA) is 42.2 Å². The van der Waals surface area contributed by atoms with Gasteiger partial charge in [-0.15, -0.1) is 0 Å². The summed E-state index contributed by atoms with van der Waals surface area (Å²) >= 11 is 1.31. The molecule has 1 aromatic heterocycles. The molecule has 0 aliphatic carbocycles. The van der Waals surface area contributed by atoms with Crippen LogP contribution in [-0.4, -0.2) is 5.91 Å². The van der Waals surface area contributed by atoms with Gasteiger partial charge in [0.05, 0.1) is 16.2 Å². The van der Waals surface area contributed by atoms with Crippen LogP contribution in [0, 0.1) is 0 Å². The molecular weight excluding hydrogens is 375 g/mol. The van der Waals surface area contributed by atoms with Crippen molar-refractivity contribution in [3.63, 3.8) is 0 Å². The van der Waals surface area contributed by atoms with E-state index >= 15 is 0 Å². The molecule has 0 saturated heterocycles. The van der Waals surface area contributed by atoms with Gasteiger partial charge in [-0.25, -0.2) is 0 Å². The molecular formula is C20H12F3NO2S. The Morgan fingerprint density at radius 1 is 1.00 bits per heavy atom. The molecule has 0 atom stereocenters. The van der Waals surface area contributed by atoms with Crippen molar-refractivity contribution in [3.05, 3.63) is 76.9 Å². The summed E-state index contributed by atoms with van der Waals surface area (Å²) in [6.07, 6.45) is -2.84. The van der Waals surface area contributed by atoms with Crippen LogP contribution >= 0.6 is 11.8 Å². The maximum atomic E-state index is 12.9. The van der Waals surface area contributed by atoms with E-state index in [1.165, 1.54) is 17.8 Å². The fourth-order valence-corrected chi connectivity index (χ4v) is 3.60. The van der Waals surface area contributed by atoms with E-state index in [1.54, 1.807) is 24.3 Å². The third-order valence-electron chi connectivity index (χ3n) is 3.95. The van der Waals surface area contributed by atoms with E-state index in [0.29, 0.717) is 22.0 Å². The summed E-state index contributed by atoms with van der Waals surface area (Å²) < 4.78 is 44.3. The van der Waals surface area contributed by atoms with E-state index < -0.39 is 11.7 Å². The van der Waals surface area contributed by atoms with Crippen molar-refractivity contribution in [2.75, 3.05) is 5.32 Å². The molecule has 0 fully saturated rings. The third-order valence-corrected chi connectivity index (χ3v) is 5.05. The van der Waals surface area contributed by atoms with Crippen LogP contribution in [0.1, 0.15) is 11.3 Å². The summed E-state index contributed by atoms with van der Waals surface area (Å²) in [7, 11) is 0. The second kappa shape index (κ2) is 6.66. The maximum absolute atomic E-state index is 12.9. The minimum Gasteiger partial charge on any atom is -0.457 e. The summed E-state index contributed by atoms with van der Waals surface area (Å²) in [5.41, 5.74) is 0.324. The number of furan rings is 1. The van der Waals surface area contributed by atoms with Crippen LogP contribution in [0.25, 0.3) is 17.4 Å². The highest BCUT2D eigenvalue weighted by Crippen LogP contribution is 2.39. The van der Waals surface area contributed by atoms with Crippen molar-refractivity contribution >= 4 is 29.4 Å². The Bertz CT molecular complexity index is 1050. The molecule has 2 heterocycles. The smallest absolute Gasteiger partial charge is 0.416 e. The standard InChI is InChI=1S/C20H12F3NO2S/c21-20(22,23)13-5-3-4-12(10-13)16-9-8-14(26-16)11-18-19(25)24-15-6-1-2-7-17(15)27-18/h1-11H,(H,24,25)/b18-11-. The lowest BCUT2D eigenvalue weighted by atomic mass is 10.1. The molecule has 27 heavy (non-hydrogen) atoms. The van der Waals surface area contributed by atoms with E-state index in [0.717, 1.165) is 22.7 Å². The van der Waals surface area contributed by atoms with Crippen molar-refractivity contribution in [1.29, 1.82) is 0 Å². The number of rotatable bonds is 2. The van der Waals surface area contributed by atoms with Crippen LogP contribution in [0.15, 0.2) is 74.9 Å². The van der Waals surface area contributed by atoms with E-state index in [2.05, 4.69) is 5.32 Å². The molecule has 0 bridgehead atoms. The predicted molar refractivity (Wildman–Crippen MR) is 98.1 cm³/mol. The lowest BCUT2D eigenvalue weighted by Crippen LogP contribution is -2.16. The van der Waals surface area contributed by atoms with E-state index in [1.807, 2.05) is 24.3 Å². The van der Waals surface area contributed by atoms with Crippen molar-refractivity contribution in [2.45, 2.75) is 11.1 Å². The van der Waals surface area contributed by atoms with E-state index in [-0.39, 0.29) is 5.91 Å². The minimum absolute atomic E-state index is 0.254. The number of carbonyl (C=O) groups is 1. The number of nitrogens with one attached hydrogen (secondary N) is 1. The molecule has 7 heteroatoms. The van der Waals surface area contributed by atoms with Gasteiger partial charge in [-0.2, -0.15) is 13.2 Å². The van der Waals surface area contributed by atoms with Gasteiger partial charge in [-0.1, -0.05) is 36.0 Å². The fraction of sp³-hybridized carbons (Fsp3) is 0.0500. The van der Waals surface area contributed by atoms with Crippen molar-refractivity contribution in [3.8, 4) is 11.3 Å². The van der Waals surface area contributed by atoms with Crippen LogP contribution in [0.5, 0.6) is 0 Å². The highest BCUT2D eigenvalue weighted by Gasteiger charge is 2.30. The zero-order valence-electron chi connectivity index (χ0n) is 13.7. The Morgan fingerprint density at radius 2 is 1.81 bits per heavy atom. The zero-order chi connectivity index (χ0) is 19.0. The maximum Gasteiger partial charge on any atom is 0.416 e. The number of thioether (sulfide) groups is 1. The van der Waals surface area contributed by atoms with Crippen LogP contribution in [0.4, 0.5) is 18.9 Å². The Kier molecular flexibility index (Phi) is 4.31. The molecule has 2 aromatic carbocycles. The Labute approximate surface area is 156 Å². The summed E-state index contributed by atoms with van der Waals surface area (Å²) in [6, 6.07) is 15.5. The Hall–Kier alpha value is -2.93. The summed E-state index contributed by atoms with van der Waals surface area (Å²) in [4.78, 5) is 13.6. The molecule has 3 nitrogen and oxygen atoms in total. The summed E-state index contributed by atoms with van der Waals surface area (Å²) in [6.45, 7) is 0. The van der Waals surface area contributed by atoms with Gasteiger partial charge >= 0.3 is 6.18 Å². The van der Waals surface area contributed by atoms with Crippen LogP contribution in [0.2, 0.25) is 0 Å². The number of halogens is 3. The number of hydrogen-bond donors (Lipinski definition) is 1. The van der Waals surface area contributed by atoms with E-state index in [4.69, 9.17) is 4.42 Å². The van der Waals surface area contributed by atoms with Gasteiger partial charge in [0.15, 0.2) is 0 Å². The quantitative estimate of drug-likeness (QED) is 0.544. The second-order valence-electron chi connectivity index (χ2n) is 5.84. The second-order valence-corrected chi connectivity index (χ2v) is 6.93. The predicted octanol–water partition coefficient (Wildman–Crippen LogP) is 6.05. The minimum atomic E-state index is -4.42. The largest absolute Gasteiger partial charge is 0.457 e. The molecule has 1 aliphatic heterocycles. The van der Waals surface area contributed by atoms with Gasteiger partial charge in [-0.3, -0.25) is 4.79 Å². The summed E-state index contributed by atoms with van der Waals surface area (Å²) in [5.74, 6) is 0.435. The van der Waals surface area contributed by atoms with Crippen molar-refractivity contribution in [2.24, 2.45) is 0 Å². The first-order chi connectivity index (χ1) is 12.9. The van der Waals surface area contributed by atoms with Gasteiger partial charge < -0.3 is 9.73 Å². The lowest BCUT2D eigenvalue weighted by Gasteiger charge is -2.17. The average Bonchev–Trinajstić information content (AvgIpc) is 3.10. The number of carbonyl (C=O) groups excluding carboxylic acids is 1. The third kappa shape index (κ3) is 3.64. The monoisotopic (exact) mass is 387 g/mol. The average molecular weight is 387 g/mol. The number of amides is 1. The highest BCUT2D eigenvalue weighted by atomic mass is 32.2. The lowest BCUT2D eigenvalue weighted by molar-refractivity contribution is -0.137. The number of benzene rings is 2. The van der Waals surface area contributed by atoms with Crippen LogP contribution < -0.4 is 5.32 Å². The molecule has 3 aromatic rings. The summed E-state index contributed by atoms with van der Waals surface area (Å²) in [5, 5.41) is 2.80. The molecule has 0 unspecified atom stereocenters. The number of fused-ring (bicyclic) bond motifs is 1. The Balaban J connectivity index is 1.62. The molecule has 1 aliphatic rings. The number of anilines is 1. The molecule has 1 amide bonds. The van der Waals surface area contributed by atoms with Gasteiger partial charge in [0.2, 0.25) is 0 Å². The van der Waals surface area contributed by atoms with Crippen LogP contribution in [0.3, 0.4) is 0 Å². The zero-order valence-corrected chi connectivity index (χ0v) is 14.5.